The Kier molecular flexibility index (Phi) is 3.89. The first-order valence-corrected chi connectivity index (χ1v) is 9.79. The molecular formula is C23H22N2O2. The van der Waals surface area contributed by atoms with E-state index in [2.05, 4.69) is 42.5 Å². The van der Waals surface area contributed by atoms with E-state index in [9.17, 15) is 10.1 Å². The maximum Gasteiger partial charge on any atom is 0.410 e. The molecule has 5 rings (SSSR count). The van der Waals surface area contributed by atoms with Crippen LogP contribution in [0.5, 0.6) is 0 Å². The minimum Gasteiger partial charge on any atom is -0.448 e. The van der Waals surface area contributed by atoms with Crippen LogP contribution in [0, 0.1) is 17.2 Å². The lowest BCUT2D eigenvalue weighted by atomic mass is 9.92. The van der Waals surface area contributed by atoms with Gasteiger partial charge in [-0.1, -0.05) is 48.5 Å². The number of ether oxygens (including phenoxy) is 1. The molecule has 2 fully saturated rings. The van der Waals surface area contributed by atoms with Crippen molar-refractivity contribution in [2.45, 2.75) is 43.7 Å². The molecule has 2 atom stereocenters. The first kappa shape index (κ1) is 16.4. The van der Waals surface area contributed by atoms with Crippen molar-refractivity contribution >= 4 is 6.09 Å². The molecule has 0 aromatic heterocycles. The molecule has 2 heterocycles. The zero-order valence-corrected chi connectivity index (χ0v) is 15.2. The lowest BCUT2D eigenvalue weighted by molar-refractivity contribution is 0.0618. The summed E-state index contributed by atoms with van der Waals surface area (Å²) in [7, 11) is 0. The lowest BCUT2D eigenvalue weighted by Gasteiger charge is -2.36. The Bertz CT molecular complexity index is 872. The third-order valence-corrected chi connectivity index (χ3v) is 6.46. The van der Waals surface area contributed by atoms with Crippen molar-refractivity contribution in [2.24, 2.45) is 5.92 Å². The van der Waals surface area contributed by atoms with E-state index in [4.69, 9.17) is 4.74 Å². The van der Waals surface area contributed by atoms with Crippen LogP contribution in [0.1, 0.15) is 42.7 Å². The summed E-state index contributed by atoms with van der Waals surface area (Å²) in [6.07, 6.45) is 3.36. The van der Waals surface area contributed by atoms with Gasteiger partial charge in [0.15, 0.2) is 0 Å². The van der Waals surface area contributed by atoms with Crippen LogP contribution in [0.15, 0.2) is 48.5 Å². The van der Waals surface area contributed by atoms with Gasteiger partial charge in [-0.05, 0) is 47.9 Å². The topological polar surface area (TPSA) is 53.3 Å². The summed E-state index contributed by atoms with van der Waals surface area (Å²) in [6, 6.07) is 19.5. The number of benzene rings is 2. The lowest BCUT2D eigenvalue weighted by Crippen LogP contribution is -2.46. The third kappa shape index (κ3) is 2.61. The van der Waals surface area contributed by atoms with Crippen LogP contribution in [0.4, 0.5) is 4.79 Å². The van der Waals surface area contributed by atoms with Crippen molar-refractivity contribution in [2.75, 3.05) is 6.61 Å². The quantitative estimate of drug-likeness (QED) is 0.782. The third-order valence-electron chi connectivity index (χ3n) is 6.46. The minimum absolute atomic E-state index is 0.0835. The van der Waals surface area contributed by atoms with Crippen molar-refractivity contribution in [1.82, 2.24) is 4.90 Å². The molecule has 0 saturated carbocycles. The molecule has 2 bridgehead atoms. The first-order valence-electron chi connectivity index (χ1n) is 9.79. The average molecular weight is 358 g/mol. The maximum absolute atomic E-state index is 12.9. The zero-order valence-electron chi connectivity index (χ0n) is 15.2. The summed E-state index contributed by atoms with van der Waals surface area (Å²) in [5, 5.41) is 9.23. The molecular weight excluding hydrogens is 336 g/mol. The van der Waals surface area contributed by atoms with Crippen LogP contribution in [-0.2, 0) is 4.74 Å². The normalized spacial score (nSPS) is 25.6. The highest BCUT2D eigenvalue weighted by Gasteiger charge is 2.44. The molecule has 136 valence electrons. The number of fused-ring (bicyclic) bond motifs is 5. The minimum atomic E-state index is -0.208. The van der Waals surface area contributed by atoms with E-state index < -0.39 is 0 Å². The van der Waals surface area contributed by atoms with Crippen molar-refractivity contribution in [1.29, 1.82) is 5.26 Å². The molecule has 4 nitrogen and oxygen atoms in total. The summed E-state index contributed by atoms with van der Waals surface area (Å²) >= 11 is 0. The van der Waals surface area contributed by atoms with Crippen molar-refractivity contribution in [3.63, 3.8) is 0 Å². The molecule has 0 N–H and O–H groups in total. The number of carbonyl (C=O) groups excluding carboxylic acids is 1. The monoisotopic (exact) mass is 358 g/mol. The van der Waals surface area contributed by atoms with E-state index in [1.165, 1.54) is 22.3 Å². The smallest absolute Gasteiger partial charge is 0.410 e. The molecule has 27 heavy (non-hydrogen) atoms. The van der Waals surface area contributed by atoms with Gasteiger partial charge in [-0.25, -0.2) is 4.79 Å². The largest absolute Gasteiger partial charge is 0.448 e. The van der Waals surface area contributed by atoms with Gasteiger partial charge in [0.05, 0.1) is 12.0 Å². The Labute approximate surface area is 159 Å². The summed E-state index contributed by atoms with van der Waals surface area (Å²) in [5.41, 5.74) is 4.95. The molecule has 0 radical (unpaired) electrons. The van der Waals surface area contributed by atoms with Crippen LogP contribution < -0.4 is 0 Å². The second-order valence-corrected chi connectivity index (χ2v) is 7.89. The Morgan fingerprint density at radius 1 is 1.00 bits per heavy atom. The predicted octanol–water partition coefficient (Wildman–Crippen LogP) is 4.70. The molecule has 2 saturated heterocycles. The fourth-order valence-corrected chi connectivity index (χ4v) is 5.25. The Hall–Kier alpha value is -2.80. The van der Waals surface area contributed by atoms with E-state index in [-0.39, 0.29) is 30.0 Å². The molecule has 2 aromatic carbocycles. The summed E-state index contributed by atoms with van der Waals surface area (Å²) < 4.78 is 5.83. The van der Waals surface area contributed by atoms with Gasteiger partial charge in [-0.15, -0.1) is 0 Å². The second-order valence-electron chi connectivity index (χ2n) is 7.89. The maximum atomic E-state index is 12.9. The first-order chi connectivity index (χ1) is 13.3. The summed E-state index contributed by atoms with van der Waals surface area (Å²) in [5.74, 6) is 0.177. The number of rotatable bonds is 2. The number of carbonyl (C=O) groups is 1. The molecule has 2 unspecified atom stereocenters. The van der Waals surface area contributed by atoms with Crippen molar-refractivity contribution in [3.8, 4) is 17.2 Å². The number of nitriles is 1. The van der Waals surface area contributed by atoms with Crippen molar-refractivity contribution in [3.05, 3.63) is 59.7 Å². The Morgan fingerprint density at radius 3 is 2.11 bits per heavy atom. The van der Waals surface area contributed by atoms with Crippen LogP contribution in [0.3, 0.4) is 0 Å². The van der Waals surface area contributed by atoms with Crippen LogP contribution >= 0.6 is 0 Å². The molecule has 3 aliphatic rings. The standard InChI is InChI=1S/C23H22N2O2/c24-13-15-11-16-9-10-17(12-15)25(16)23(26)27-14-22-20-7-3-1-5-18(20)19-6-2-4-8-21(19)22/h1-8,15-17,22H,9-12,14H2. The molecule has 1 aliphatic carbocycles. The summed E-state index contributed by atoms with van der Waals surface area (Å²) in [4.78, 5) is 14.8. The molecule has 0 spiro atoms. The van der Waals surface area contributed by atoms with E-state index in [0.717, 1.165) is 25.7 Å². The van der Waals surface area contributed by atoms with Crippen LogP contribution in [0.25, 0.3) is 11.1 Å². The number of piperidine rings is 1. The summed E-state index contributed by atoms with van der Waals surface area (Å²) in [6.45, 7) is 0.366. The molecule has 4 heteroatoms. The van der Waals surface area contributed by atoms with Gasteiger partial charge >= 0.3 is 6.09 Å². The average Bonchev–Trinajstić information content (AvgIpc) is 3.17. The van der Waals surface area contributed by atoms with Crippen LogP contribution in [0.2, 0.25) is 0 Å². The van der Waals surface area contributed by atoms with Gasteiger partial charge in [-0.3, -0.25) is 0 Å². The highest BCUT2D eigenvalue weighted by molar-refractivity contribution is 5.79. The molecule has 1 amide bonds. The number of hydrogen-bond acceptors (Lipinski definition) is 3. The van der Waals surface area contributed by atoms with Crippen molar-refractivity contribution < 1.29 is 9.53 Å². The SMILES string of the molecule is N#CC1CC2CCC(C1)N2C(=O)OCC1c2ccccc2-c2ccccc21. The second kappa shape index (κ2) is 6.42. The Morgan fingerprint density at radius 2 is 1.56 bits per heavy atom. The predicted molar refractivity (Wildman–Crippen MR) is 102 cm³/mol. The van der Waals surface area contributed by atoms with Gasteiger partial charge in [0.2, 0.25) is 0 Å². The van der Waals surface area contributed by atoms with E-state index in [0.29, 0.717) is 6.61 Å². The number of hydrogen-bond donors (Lipinski definition) is 0. The van der Waals surface area contributed by atoms with Gasteiger partial charge in [-0.2, -0.15) is 5.26 Å². The highest BCUT2D eigenvalue weighted by Crippen LogP contribution is 2.45. The zero-order chi connectivity index (χ0) is 18.4. The van der Waals surface area contributed by atoms with E-state index in [1.54, 1.807) is 0 Å². The fourth-order valence-electron chi connectivity index (χ4n) is 5.25. The molecule has 2 aromatic rings. The van der Waals surface area contributed by atoms with E-state index >= 15 is 0 Å². The van der Waals surface area contributed by atoms with Gasteiger partial charge in [0, 0.05) is 18.0 Å². The van der Waals surface area contributed by atoms with Gasteiger partial charge in [0.25, 0.3) is 0 Å². The number of nitrogens with zero attached hydrogens (tertiary/aromatic N) is 2. The Balaban J connectivity index is 1.34. The highest BCUT2D eigenvalue weighted by atomic mass is 16.6. The van der Waals surface area contributed by atoms with Gasteiger partial charge < -0.3 is 9.64 Å². The molecule has 2 aliphatic heterocycles. The number of amides is 1. The van der Waals surface area contributed by atoms with Crippen LogP contribution in [-0.4, -0.2) is 29.7 Å². The fraction of sp³-hybridized carbons (Fsp3) is 0.391. The van der Waals surface area contributed by atoms with Gasteiger partial charge in [0.1, 0.15) is 6.61 Å². The van der Waals surface area contributed by atoms with E-state index in [1.807, 2.05) is 17.0 Å².